The number of hydrogen-bond donors (Lipinski definition) is 2. The van der Waals surface area contributed by atoms with Gasteiger partial charge in [-0.2, -0.15) is 0 Å². The van der Waals surface area contributed by atoms with Gasteiger partial charge in [0.1, 0.15) is 17.7 Å². The molecule has 0 saturated carbocycles. The van der Waals surface area contributed by atoms with Gasteiger partial charge < -0.3 is 29.7 Å². The van der Waals surface area contributed by atoms with Crippen LogP contribution in [-0.4, -0.2) is 82.0 Å². The van der Waals surface area contributed by atoms with E-state index in [0.29, 0.717) is 30.5 Å². The van der Waals surface area contributed by atoms with Crippen LogP contribution < -0.4 is 10.2 Å². The number of allylic oxidation sites excluding steroid dienone is 1. The van der Waals surface area contributed by atoms with Gasteiger partial charge in [-0.25, -0.2) is 0 Å². The first-order valence-electron chi connectivity index (χ1n) is 17.5. The quantitative estimate of drug-likeness (QED) is 0.123. The van der Waals surface area contributed by atoms with E-state index in [9.17, 15) is 19.5 Å². The Labute approximate surface area is 306 Å². The number of fused-ring (bicyclic) bond motifs is 2. The van der Waals surface area contributed by atoms with Gasteiger partial charge in [0.15, 0.2) is 0 Å². The molecule has 0 radical (unpaired) electrons. The van der Waals surface area contributed by atoms with Gasteiger partial charge in [-0.3, -0.25) is 19.2 Å². The Morgan fingerprint density at radius 3 is 2.51 bits per heavy atom. The fourth-order valence-electron chi connectivity index (χ4n) is 8.01. The maximum absolute atomic E-state index is 15.0. The standard InChI is InChI=1S/C40H44BrN3O7/c1-4-7-17-32(46)42-23-31(26-14-9-8-10-15-26)50-39(49)33-34-37(47)44(28(6-3)24-45)36(40(34)22-30(41)35(33)51-40)38(48)43(20-5-2)29-19-18-25-13-11-12-16-27(25)21-29/h4-5,8-16,18-19,21,28,30-31,33-36,45H,1-2,6-7,17,20,22-24H2,3H3,(H,42,46)/t28-,30?,31+,33+,34-,35+,36+,40-/m0/s1. The Morgan fingerprint density at radius 1 is 1.10 bits per heavy atom. The maximum atomic E-state index is 15.0. The number of nitrogens with zero attached hydrogens (tertiary/aromatic N) is 2. The van der Waals surface area contributed by atoms with E-state index in [1.54, 1.807) is 17.1 Å². The van der Waals surface area contributed by atoms with Gasteiger partial charge in [-0.15, -0.1) is 13.2 Å². The number of benzene rings is 3. The molecule has 2 N–H and O–H groups in total. The number of carbonyl (C=O) groups excluding carboxylic acids is 4. The molecule has 3 heterocycles. The average molecular weight is 759 g/mol. The molecule has 0 aromatic heterocycles. The van der Waals surface area contributed by atoms with Crippen molar-refractivity contribution < 1.29 is 33.8 Å². The lowest BCUT2D eigenvalue weighted by Crippen LogP contribution is -2.59. The first kappa shape index (κ1) is 36.5. The van der Waals surface area contributed by atoms with E-state index < -0.39 is 53.6 Å². The smallest absolute Gasteiger partial charge is 0.313 e. The number of likely N-dealkylation sites (tertiary alicyclic amines) is 1. The van der Waals surface area contributed by atoms with Crippen LogP contribution in [0.15, 0.2) is 98.1 Å². The van der Waals surface area contributed by atoms with E-state index in [1.807, 2.05) is 79.7 Å². The molecule has 3 fully saturated rings. The summed E-state index contributed by atoms with van der Waals surface area (Å²) in [5, 5.41) is 15.3. The zero-order valence-electron chi connectivity index (χ0n) is 28.7. The van der Waals surface area contributed by atoms with Gasteiger partial charge in [0.2, 0.25) is 11.8 Å². The lowest BCUT2D eigenvalue weighted by atomic mass is 9.70. The van der Waals surface area contributed by atoms with E-state index in [2.05, 4.69) is 34.4 Å². The Morgan fingerprint density at radius 2 is 1.82 bits per heavy atom. The Bertz CT molecular complexity index is 1800. The molecular formula is C40H44BrN3O7. The second-order valence-electron chi connectivity index (χ2n) is 13.4. The largest absolute Gasteiger partial charge is 0.455 e. The number of ether oxygens (including phenoxy) is 2. The van der Waals surface area contributed by atoms with E-state index in [0.717, 1.165) is 10.8 Å². The van der Waals surface area contributed by atoms with Crippen LogP contribution in [0.5, 0.6) is 0 Å². The molecule has 1 spiro atoms. The lowest BCUT2D eigenvalue weighted by molar-refractivity contribution is -0.160. The summed E-state index contributed by atoms with van der Waals surface area (Å²) in [6, 6.07) is 20.9. The van der Waals surface area contributed by atoms with Gasteiger partial charge in [-0.1, -0.05) is 95.7 Å². The van der Waals surface area contributed by atoms with Crippen LogP contribution in [0.3, 0.4) is 0 Å². The SMILES string of the molecule is C=CCCC(=O)NC[C@@H](OC(=O)[C@H]1[C@@H]2O[C@@]3(CC2Br)[C@@H]1C(=O)N([C@@H](CC)CO)[C@@H]3C(=O)N(CC=C)c1ccc2ccccc2c1)c1ccccc1. The number of aliphatic hydroxyl groups excluding tert-OH is 1. The summed E-state index contributed by atoms with van der Waals surface area (Å²) in [5.41, 5.74) is -0.0580. The monoisotopic (exact) mass is 757 g/mol. The highest BCUT2D eigenvalue weighted by atomic mass is 79.9. The third-order valence-electron chi connectivity index (χ3n) is 10.4. The zero-order valence-corrected chi connectivity index (χ0v) is 30.2. The van der Waals surface area contributed by atoms with Gasteiger partial charge in [-0.05, 0) is 47.7 Å². The third kappa shape index (κ3) is 6.74. The second-order valence-corrected chi connectivity index (χ2v) is 14.6. The maximum Gasteiger partial charge on any atom is 0.313 e. The number of rotatable bonds is 15. The third-order valence-corrected chi connectivity index (χ3v) is 11.3. The lowest BCUT2D eigenvalue weighted by Gasteiger charge is -2.39. The number of amides is 3. The van der Waals surface area contributed by atoms with E-state index in [-0.39, 0.29) is 42.8 Å². The van der Waals surface area contributed by atoms with Gasteiger partial charge in [0.05, 0.1) is 37.1 Å². The highest BCUT2D eigenvalue weighted by molar-refractivity contribution is 9.09. The van der Waals surface area contributed by atoms with Crippen molar-refractivity contribution in [2.24, 2.45) is 11.8 Å². The molecule has 2 bridgehead atoms. The second kappa shape index (κ2) is 15.5. The molecule has 3 amide bonds. The zero-order chi connectivity index (χ0) is 36.3. The van der Waals surface area contributed by atoms with Crippen molar-refractivity contribution in [1.29, 1.82) is 0 Å². The summed E-state index contributed by atoms with van der Waals surface area (Å²) < 4.78 is 12.9. The van der Waals surface area contributed by atoms with Gasteiger partial charge >= 0.3 is 5.97 Å². The van der Waals surface area contributed by atoms with Gasteiger partial charge in [0, 0.05) is 23.5 Å². The molecule has 0 aliphatic carbocycles. The molecule has 3 aliphatic rings. The molecule has 1 unspecified atom stereocenters. The molecule has 3 aromatic rings. The van der Waals surface area contributed by atoms with Crippen LogP contribution in [0.4, 0.5) is 5.69 Å². The van der Waals surface area contributed by atoms with E-state index >= 15 is 4.79 Å². The van der Waals surface area contributed by atoms with Gasteiger partial charge in [0.25, 0.3) is 5.91 Å². The van der Waals surface area contributed by atoms with Crippen LogP contribution in [0.25, 0.3) is 10.8 Å². The molecule has 268 valence electrons. The minimum absolute atomic E-state index is 0.0311. The molecule has 8 atom stereocenters. The molecule has 11 heteroatoms. The predicted molar refractivity (Wildman–Crippen MR) is 198 cm³/mol. The normalized spacial score (nSPS) is 26.0. The fraction of sp³-hybridized carbons (Fsp3) is 0.400. The van der Waals surface area contributed by atoms with Crippen molar-refractivity contribution in [3.8, 4) is 0 Å². The number of alkyl halides is 1. The van der Waals surface area contributed by atoms with E-state index in [1.165, 1.54) is 4.90 Å². The van der Waals surface area contributed by atoms with Crippen molar-refractivity contribution in [2.75, 3.05) is 24.6 Å². The first-order chi connectivity index (χ1) is 24.7. The molecule has 3 saturated heterocycles. The van der Waals surface area contributed by atoms with Crippen LogP contribution in [0, 0.1) is 11.8 Å². The summed E-state index contributed by atoms with van der Waals surface area (Å²) in [6.07, 6.45) is 3.15. The fourth-order valence-corrected chi connectivity index (χ4v) is 8.95. The first-order valence-corrected chi connectivity index (χ1v) is 18.4. The molecule has 10 nitrogen and oxygen atoms in total. The highest BCUT2D eigenvalue weighted by Gasteiger charge is 2.77. The molecule has 6 rings (SSSR count). The summed E-state index contributed by atoms with van der Waals surface area (Å²) in [4.78, 5) is 59.3. The van der Waals surface area contributed by atoms with E-state index in [4.69, 9.17) is 9.47 Å². The Kier molecular flexibility index (Phi) is 11.1. The molecular weight excluding hydrogens is 714 g/mol. The number of carbonyl (C=O) groups is 4. The molecule has 3 aromatic carbocycles. The minimum atomic E-state index is -1.36. The van der Waals surface area contributed by atoms with Crippen LogP contribution in [0.2, 0.25) is 0 Å². The van der Waals surface area contributed by atoms with Crippen molar-refractivity contribution in [3.63, 3.8) is 0 Å². The number of aliphatic hydroxyl groups is 1. The Balaban J connectivity index is 1.36. The summed E-state index contributed by atoms with van der Waals surface area (Å²) in [5.74, 6) is -3.73. The number of anilines is 1. The topological polar surface area (TPSA) is 125 Å². The van der Waals surface area contributed by atoms with Crippen LogP contribution >= 0.6 is 15.9 Å². The molecule has 3 aliphatic heterocycles. The van der Waals surface area contributed by atoms with Crippen molar-refractivity contribution in [3.05, 3.63) is 104 Å². The summed E-state index contributed by atoms with van der Waals surface area (Å²) in [7, 11) is 0. The van der Waals surface area contributed by atoms with Crippen molar-refractivity contribution in [1.82, 2.24) is 10.2 Å². The summed E-state index contributed by atoms with van der Waals surface area (Å²) >= 11 is 3.73. The highest BCUT2D eigenvalue weighted by Crippen LogP contribution is 2.61. The minimum Gasteiger partial charge on any atom is -0.455 e. The van der Waals surface area contributed by atoms with Crippen molar-refractivity contribution in [2.45, 2.75) is 67.3 Å². The number of nitrogens with one attached hydrogen (secondary N) is 1. The van der Waals surface area contributed by atoms with Crippen molar-refractivity contribution >= 4 is 56.1 Å². The summed E-state index contributed by atoms with van der Waals surface area (Å²) in [6.45, 7) is 9.24. The number of halogens is 1. The van der Waals surface area contributed by atoms with Crippen LogP contribution in [0.1, 0.15) is 44.3 Å². The number of hydrogen-bond acceptors (Lipinski definition) is 7. The number of esters is 1. The molecule has 51 heavy (non-hydrogen) atoms. The average Bonchev–Trinajstić information content (AvgIpc) is 3.75. The predicted octanol–water partition coefficient (Wildman–Crippen LogP) is 5.24. The Hall–Kier alpha value is -4.32. The van der Waals surface area contributed by atoms with Crippen LogP contribution in [-0.2, 0) is 28.7 Å².